The van der Waals surface area contributed by atoms with Gasteiger partial charge in [-0.3, -0.25) is 18.8 Å². The van der Waals surface area contributed by atoms with Gasteiger partial charge in [0.15, 0.2) is 11.2 Å². The second kappa shape index (κ2) is 8.45. The molecule has 0 bridgehead atoms. The van der Waals surface area contributed by atoms with E-state index in [4.69, 9.17) is 28.2 Å². The Bertz CT molecular complexity index is 1250. The molecule has 2 atom stereocenters. The van der Waals surface area contributed by atoms with E-state index < -0.39 is 5.69 Å². The first kappa shape index (κ1) is 22.1. The van der Waals surface area contributed by atoms with Gasteiger partial charge >= 0.3 is 5.69 Å². The highest BCUT2D eigenvalue weighted by Crippen LogP contribution is 2.26. The molecular formula is C22H27Cl2N5O2. The molecule has 1 aliphatic heterocycles. The second-order valence-electron chi connectivity index (χ2n) is 8.87. The Labute approximate surface area is 190 Å². The van der Waals surface area contributed by atoms with Crippen LogP contribution in [0.5, 0.6) is 0 Å². The predicted molar refractivity (Wildman–Crippen MR) is 124 cm³/mol. The lowest BCUT2D eigenvalue weighted by Crippen LogP contribution is -2.39. The van der Waals surface area contributed by atoms with Crippen LogP contribution < -0.4 is 11.2 Å². The number of fused-ring (bicyclic) bond motifs is 1. The van der Waals surface area contributed by atoms with Crippen molar-refractivity contribution >= 4 is 34.4 Å². The van der Waals surface area contributed by atoms with Gasteiger partial charge in [0.05, 0.1) is 13.1 Å². The number of imidazole rings is 1. The van der Waals surface area contributed by atoms with Crippen molar-refractivity contribution in [1.29, 1.82) is 0 Å². The normalized spacial score (nSPS) is 19.9. The molecule has 31 heavy (non-hydrogen) atoms. The van der Waals surface area contributed by atoms with Crippen molar-refractivity contribution in [2.75, 3.05) is 13.1 Å². The number of hydrogen-bond acceptors (Lipinski definition) is 4. The van der Waals surface area contributed by atoms with E-state index in [0.29, 0.717) is 46.1 Å². The van der Waals surface area contributed by atoms with Crippen molar-refractivity contribution < 1.29 is 0 Å². The lowest BCUT2D eigenvalue weighted by molar-refractivity contribution is 0.130. The minimum Gasteiger partial charge on any atom is -0.316 e. The van der Waals surface area contributed by atoms with E-state index in [-0.39, 0.29) is 5.56 Å². The molecule has 0 aliphatic carbocycles. The molecule has 1 fully saturated rings. The molecule has 2 aromatic heterocycles. The summed E-state index contributed by atoms with van der Waals surface area (Å²) in [4.78, 5) is 32.7. The minimum absolute atomic E-state index is 0.359. The lowest BCUT2D eigenvalue weighted by atomic mass is 9.92. The third-order valence-electron chi connectivity index (χ3n) is 6.08. The summed E-state index contributed by atoms with van der Waals surface area (Å²) in [5.74, 6) is 1.95. The van der Waals surface area contributed by atoms with E-state index in [0.717, 1.165) is 29.0 Å². The summed E-state index contributed by atoms with van der Waals surface area (Å²) in [6, 6.07) is 5.33. The van der Waals surface area contributed by atoms with Crippen molar-refractivity contribution in [3.63, 3.8) is 0 Å². The maximum absolute atomic E-state index is 13.1. The Morgan fingerprint density at radius 3 is 2.35 bits per heavy atom. The minimum atomic E-state index is -0.390. The summed E-state index contributed by atoms with van der Waals surface area (Å²) < 4.78 is 4.45. The van der Waals surface area contributed by atoms with Gasteiger partial charge in [-0.15, -0.1) is 0 Å². The van der Waals surface area contributed by atoms with Crippen molar-refractivity contribution in [2.24, 2.45) is 25.9 Å². The van der Waals surface area contributed by atoms with Gasteiger partial charge in [0, 0.05) is 37.2 Å². The smallest absolute Gasteiger partial charge is 0.316 e. The van der Waals surface area contributed by atoms with E-state index in [9.17, 15) is 9.59 Å². The maximum Gasteiger partial charge on any atom is 0.332 e. The van der Waals surface area contributed by atoms with Crippen LogP contribution in [-0.4, -0.2) is 36.7 Å². The van der Waals surface area contributed by atoms with Crippen LogP contribution in [0.25, 0.3) is 11.2 Å². The van der Waals surface area contributed by atoms with Gasteiger partial charge < -0.3 is 4.57 Å². The van der Waals surface area contributed by atoms with Gasteiger partial charge in [-0.05, 0) is 36.0 Å². The van der Waals surface area contributed by atoms with Crippen molar-refractivity contribution in [2.45, 2.75) is 33.4 Å². The molecule has 1 aromatic carbocycles. The number of hydrogen-bond donors (Lipinski definition) is 0. The number of rotatable bonds is 4. The number of halogens is 2. The molecule has 0 N–H and O–H groups in total. The molecule has 0 unspecified atom stereocenters. The van der Waals surface area contributed by atoms with Gasteiger partial charge in [-0.25, -0.2) is 9.78 Å². The summed E-state index contributed by atoms with van der Waals surface area (Å²) in [5.41, 5.74) is 0.888. The number of benzene rings is 1. The van der Waals surface area contributed by atoms with Gasteiger partial charge in [-0.2, -0.15) is 0 Å². The Kier molecular flexibility index (Phi) is 6.03. The third kappa shape index (κ3) is 4.19. The van der Waals surface area contributed by atoms with Crippen LogP contribution in [0.2, 0.25) is 10.0 Å². The largest absolute Gasteiger partial charge is 0.332 e. The third-order valence-corrected chi connectivity index (χ3v) is 6.67. The van der Waals surface area contributed by atoms with Gasteiger partial charge in [0.1, 0.15) is 5.82 Å². The number of nitrogens with zero attached hydrogens (tertiary/aromatic N) is 5. The van der Waals surface area contributed by atoms with Gasteiger partial charge in [0.25, 0.3) is 5.56 Å². The SMILES string of the molecule is C[C@@H]1C[C@H](C)CN(Cc2nc3c(c(=O)n(C)c(=O)n3C)n2Cc2ccc(Cl)cc2Cl)C1. The summed E-state index contributed by atoms with van der Waals surface area (Å²) in [6.45, 7) is 7.45. The fourth-order valence-electron chi connectivity index (χ4n) is 4.72. The van der Waals surface area contributed by atoms with Crippen LogP contribution in [0.15, 0.2) is 27.8 Å². The quantitative estimate of drug-likeness (QED) is 0.595. The zero-order valence-corrected chi connectivity index (χ0v) is 19.7. The molecule has 0 spiro atoms. The molecule has 9 heteroatoms. The van der Waals surface area contributed by atoms with Crippen molar-refractivity contribution in [3.05, 3.63) is 60.5 Å². The second-order valence-corrected chi connectivity index (χ2v) is 9.71. The van der Waals surface area contributed by atoms with Crippen LogP contribution in [0, 0.1) is 11.8 Å². The first-order valence-electron chi connectivity index (χ1n) is 10.5. The summed E-state index contributed by atoms with van der Waals surface area (Å²) >= 11 is 12.5. The van der Waals surface area contributed by atoms with Crippen molar-refractivity contribution in [1.82, 2.24) is 23.6 Å². The average Bonchev–Trinajstić information content (AvgIpc) is 3.04. The molecule has 166 valence electrons. The molecule has 3 aromatic rings. The molecule has 3 heterocycles. The van der Waals surface area contributed by atoms with Gasteiger partial charge in [0.2, 0.25) is 0 Å². The monoisotopic (exact) mass is 463 g/mol. The predicted octanol–water partition coefficient (Wildman–Crippen LogP) is 3.27. The van der Waals surface area contributed by atoms with Crippen LogP contribution in [-0.2, 0) is 27.2 Å². The Morgan fingerprint density at radius 1 is 1.03 bits per heavy atom. The molecule has 0 amide bonds. The Hall–Kier alpha value is -2.09. The number of piperidine rings is 1. The van der Waals surface area contributed by atoms with Crippen LogP contribution in [0.1, 0.15) is 31.7 Å². The number of likely N-dealkylation sites (tertiary alicyclic amines) is 1. The maximum atomic E-state index is 13.1. The fourth-order valence-corrected chi connectivity index (χ4v) is 5.19. The highest BCUT2D eigenvalue weighted by atomic mass is 35.5. The molecule has 7 nitrogen and oxygen atoms in total. The van der Waals surface area contributed by atoms with E-state index in [1.165, 1.54) is 18.0 Å². The first-order chi connectivity index (χ1) is 14.7. The summed E-state index contributed by atoms with van der Waals surface area (Å²) in [7, 11) is 3.13. The molecule has 1 saturated heterocycles. The topological polar surface area (TPSA) is 65.1 Å². The van der Waals surface area contributed by atoms with Crippen LogP contribution in [0.3, 0.4) is 0 Å². The average molecular weight is 464 g/mol. The van der Waals surface area contributed by atoms with E-state index in [1.807, 2.05) is 10.6 Å². The zero-order valence-electron chi connectivity index (χ0n) is 18.2. The van der Waals surface area contributed by atoms with Crippen molar-refractivity contribution in [3.8, 4) is 0 Å². The Balaban J connectivity index is 1.87. The highest BCUT2D eigenvalue weighted by Gasteiger charge is 2.25. The lowest BCUT2D eigenvalue weighted by Gasteiger charge is -2.34. The van der Waals surface area contributed by atoms with Gasteiger partial charge in [-0.1, -0.05) is 43.1 Å². The molecule has 0 radical (unpaired) electrons. The number of aryl methyl sites for hydroxylation is 1. The summed E-state index contributed by atoms with van der Waals surface area (Å²) in [5, 5.41) is 1.08. The van der Waals surface area contributed by atoms with E-state index in [2.05, 4.69) is 18.7 Å². The highest BCUT2D eigenvalue weighted by molar-refractivity contribution is 6.35. The molecule has 1 aliphatic rings. The summed E-state index contributed by atoms with van der Waals surface area (Å²) in [6.07, 6.45) is 1.21. The standard InChI is InChI=1S/C22H27Cl2N5O2/c1-13-7-14(2)10-28(9-13)12-18-25-20-19(21(30)27(4)22(31)26(20)3)29(18)11-15-5-6-16(23)8-17(15)24/h5-6,8,13-14H,7,9-12H2,1-4H3/t13-,14+. The zero-order chi connectivity index (χ0) is 22.4. The molecular weight excluding hydrogens is 437 g/mol. The van der Waals surface area contributed by atoms with E-state index in [1.54, 1.807) is 19.2 Å². The molecule has 0 saturated carbocycles. The Morgan fingerprint density at radius 2 is 1.71 bits per heavy atom. The number of aromatic nitrogens is 4. The van der Waals surface area contributed by atoms with Crippen LogP contribution in [0.4, 0.5) is 0 Å². The first-order valence-corrected chi connectivity index (χ1v) is 11.2. The molecule has 4 rings (SSSR count). The van der Waals surface area contributed by atoms with E-state index >= 15 is 0 Å². The fraction of sp³-hybridized carbons (Fsp3) is 0.500. The van der Waals surface area contributed by atoms with Crippen LogP contribution >= 0.6 is 23.2 Å².